The number of aromatic nitrogens is 3. The molecule has 0 atom stereocenters. The number of benzene rings is 1. The maximum Gasteiger partial charge on any atom is 0.283 e. The number of hydrogen-bond acceptors (Lipinski definition) is 5. The van der Waals surface area contributed by atoms with E-state index in [-0.39, 0.29) is 11.4 Å². The maximum atomic E-state index is 10.6. The Hall–Kier alpha value is -2.09. The van der Waals surface area contributed by atoms with Crippen molar-refractivity contribution in [3.05, 3.63) is 44.7 Å². The Morgan fingerprint density at radius 3 is 2.76 bits per heavy atom. The van der Waals surface area contributed by atoms with Gasteiger partial charge in [-0.15, -0.1) is 5.10 Å². The van der Waals surface area contributed by atoms with Crippen molar-refractivity contribution >= 4 is 27.9 Å². The van der Waals surface area contributed by atoms with Gasteiger partial charge in [-0.1, -0.05) is 5.21 Å². The van der Waals surface area contributed by atoms with Crippen LogP contribution in [0.5, 0.6) is 0 Å². The normalized spacial score (nSPS) is 10.2. The molecule has 0 bridgehead atoms. The van der Waals surface area contributed by atoms with Gasteiger partial charge in [-0.2, -0.15) is 0 Å². The van der Waals surface area contributed by atoms with Crippen molar-refractivity contribution in [2.45, 2.75) is 0 Å². The fraction of sp³-hybridized carbons (Fsp3) is 0. The Bertz CT molecular complexity index is 596. The summed E-state index contributed by atoms with van der Waals surface area (Å²) in [4.78, 5) is 20.6. The number of hydrogen-bond donors (Lipinski definition) is 0. The summed E-state index contributed by atoms with van der Waals surface area (Å²) in [5, 5.41) is 17.9. The average Bonchev–Trinajstić information content (AvgIpc) is 2.76. The number of nitro groups is 1. The van der Waals surface area contributed by atoms with E-state index in [1.165, 1.54) is 29.1 Å². The van der Waals surface area contributed by atoms with Gasteiger partial charge in [0, 0.05) is 6.07 Å². The second kappa shape index (κ2) is 4.42. The summed E-state index contributed by atoms with van der Waals surface area (Å²) in [6, 6.07) is 4.40. The molecule has 0 spiro atoms. The lowest BCUT2D eigenvalue weighted by Crippen LogP contribution is -1.96. The first-order valence-electron chi connectivity index (χ1n) is 4.43. The fourth-order valence-corrected chi connectivity index (χ4v) is 1.75. The lowest BCUT2D eigenvalue weighted by Gasteiger charge is -2.01. The van der Waals surface area contributed by atoms with Gasteiger partial charge in [0.15, 0.2) is 6.29 Å². The molecule has 2 aromatic rings. The van der Waals surface area contributed by atoms with Crippen LogP contribution >= 0.6 is 15.9 Å². The second-order valence-electron chi connectivity index (χ2n) is 3.10. The fourth-order valence-electron chi connectivity index (χ4n) is 1.24. The van der Waals surface area contributed by atoms with Gasteiger partial charge in [-0.3, -0.25) is 14.9 Å². The summed E-state index contributed by atoms with van der Waals surface area (Å²) >= 11 is 3.10. The molecular formula is C9H5BrN4O3. The van der Waals surface area contributed by atoms with E-state index in [9.17, 15) is 14.9 Å². The highest BCUT2D eigenvalue weighted by molar-refractivity contribution is 9.10. The number of rotatable bonds is 3. The number of carbonyl (C=O) groups excluding carboxylic acids is 1. The summed E-state index contributed by atoms with van der Waals surface area (Å²) in [6.07, 6.45) is 2.00. The molecule has 0 saturated carbocycles. The second-order valence-corrected chi connectivity index (χ2v) is 3.95. The molecule has 0 N–H and O–H groups in total. The van der Waals surface area contributed by atoms with Gasteiger partial charge >= 0.3 is 0 Å². The zero-order valence-electron chi connectivity index (χ0n) is 8.28. The van der Waals surface area contributed by atoms with Crippen LogP contribution in [0.3, 0.4) is 0 Å². The number of aldehydes is 1. The molecule has 1 heterocycles. The lowest BCUT2D eigenvalue weighted by molar-refractivity contribution is -0.385. The summed E-state index contributed by atoms with van der Waals surface area (Å²) in [7, 11) is 0. The maximum absolute atomic E-state index is 10.6. The van der Waals surface area contributed by atoms with Crippen molar-refractivity contribution in [3.63, 3.8) is 0 Å². The van der Waals surface area contributed by atoms with Gasteiger partial charge in [0.05, 0.1) is 21.3 Å². The van der Waals surface area contributed by atoms with E-state index in [1.807, 2.05) is 0 Å². The van der Waals surface area contributed by atoms with Gasteiger partial charge in [-0.05, 0) is 28.1 Å². The Morgan fingerprint density at radius 1 is 1.47 bits per heavy atom. The Morgan fingerprint density at radius 2 is 2.24 bits per heavy atom. The van der Waals surface area contributed by atoms with Gasteiger partial charge in [0.2, 0.25) is 0 Å². The number of nitro benzene ring substituents is 1. The van der Waals surface area contributed by atoms with Crippen molar-refractivity contribution < 1.29 is 9.72 Å². The Kier molecular flexibility index (Phi) is 2.96. The van der Waals surface area contributed by atoms with Crippen molar-refractivity contribution in [1.82, 2.24) is 15.0 Å². The summed E-state index contributed by atoms with van der Waals surface area (Å²) < 4.78 is 1.70. The van der Waals surface area contributed by atoms with Crippen LogP contribution in [0, 0.1) is 10.1 Å². The SMILES string of the molecule is O=Cc1cn(-c2ccc([N+](=O)[O-])c(Br)c2)nn1. The van der Waals surface area contributed by atoms with E-state index in [4.69, 9.17) is 0 Å². The molecule has 1 aromatic heterocycles. The van der Waals surface area contributed by atoms with Crippen LogP contribution < -0.4 is 0 Å². The Balaban J connectivity index is 2.43. The van der Waals surface area contributed by atoms with Crippen molar-refractivity contribution in [2.24, 2.45) is 0 Å². The van der Waals surface area contributed by atoms with Crippen LogP contribution in [0.2, 0.25) is 0 Å². The first-order chi connectivity index (χ1) is 8.11. The molecule has 7 nitrogen and oxygen atoms in total. The van der Waals surface area contributed by atoms with Crippen LogP contribution in [0.15, 0.2) is 28.9 Å². The molecule has 17 heavy (non-hydrogen) atoms. The lowest BCUT2D eigenvalue weighted by atomic mass is 10.3. The van der Waals surface area contributed by atoms with E-state index in [2.05, 4.69) is 26.2 Å². The third-order valence-electron chi connectivity index (χ3n) is 2.02. The molecule has 1 aromatic carbocycles. The molecule has 0 aliphatic carbocycles. The molecular weight excluding hydrogens is 292 g/mol. The molecule has 8 heteroatoms. The van der Waals surface area contributed by atoms with E-state index in [0.29, 0.717) is 16.4 Å². The standard InChI is InChI=1S/C9H5BrN4O3/c10-8-3-7(1-2-9(8)14(16)17)13-4-6(5-15)11-12-13/h1-5H. The first-order valence-corrected chi connectivity index (χ1v) is 5.23. The quantitative estimate of drug-likeness (QED) is 0.489. The summed E-state index contributed by atoms with van der Waals surface area (Å²) in [6.45, 7) is 0. The van der Waals surface area contributed by atoms with E-state index < -0.39 is 4.92 Å². The third kappa shape index (κ3) is 2.21. The number of halogens is 1. The minimum atomic E-state index is -0.494. The number of nitrogens with zero attached hydrogens (tertiary/aromatic N) is 4. The van der Waals surface area contributed by atoms with Crippen LogP contribution in [0.4, 0.5) is 5.69 Å². The van der Waals surface area contributed by atoms with Crippen molar-refractivity contribution in [2.75, 3.05) is 0 Å². The highest BCUT2D eigenvalue weighted by Gasteiger charge is 2.12. The smallest absolute Gasteiger partial charge is 0.283 e. The van der Waals surface area contributed by atoms with Crippen LogP contribution in [0.1, 0.15) is 10.5 Å². The molecule has 86 valence electrons. The third-order valence-corrected chi connectivity index (χ3v) is 2.66. The van der Waals surface area contributed by atoms with E-state index in [1.54, 1.807) is 0 Å². The van der Waals surface area contributed by atoms with Gasteiger partial charge in [0.25, 0.3) is 5.69 Å². The van der Waals surface area contributed by atoms with Crippen molar-refractivity contribution in [3.8, 4) is 5.69 Å². The summed E-state index contributed by atoms with van der Waals surface area (Å²) in [5.41, 5.74) is 0.729. The molecule has 0 aliphatic rings. The number of carbonyl (C=O) groups is 1. The van der Waals surface area contributed by atoms with Crippen LogP contribution in [-0.2, 0) is 0 Å². The summed E-state index contributed by atoms with van der Waals surface area (Å²) in [5.74, 6) is 0. The minimum Gasteiger partial charge on any atom is -0.296 e. The highest BCUT2D eigenvalue weighted by Crippen LogP contribution is 2.26. The zero-order chi connectivity index (χ0) is 12.4. The zero-order valence-corrected chi connectivity index (χ0v) is 9.86. The average molecular weight is 297 g/mol. The van der Waals surface area contributed by atoms with Crippen LogP contribution in [0.25, 0.3) is 5.69 Å². The van der Waals surface area contributed by atoms with Crippen molar-refractivity contribution in [1.29, 1.82) is 0 Å². The molecule has 0 unspecified atom stereocenters. The van der Waals surface area contributed by atoms with Gasteiger partial charge in [0.1, 0.15) is 5.69 Å². The van der Waals surface area contributed by atoms with Crippen LogP contribution in [-0.4, -0.2) is 26.2 Å². The highest BCUT2D eigenvalue weighted by atomic mass is 79.9. The predicted molar refractivity (Wildman–Crippen MR) is 61.1 cm³/mol. The first kappa shape index (κ1) is 11.4. The molecule has 0 radical (unpaired) electrons. The van der Waals surface area contributed by atoms with E-state index >= 15 is 0 Å². The molecule has 0 saturated heterocycles. The van der Waals surface area contributed by atoms with Gasteiger partial charge < -0.3 is 0 Å². The Labute approximate surface area is 103 Å². The minimum absolute atomic E-state index is 0.0375. The van der Waals surface area contributed by atoms with E-state index in [0.717, 1.165) is 0 Å². The molecule has 2 rings (SSSR count). The molecule has 0 aliphatic heterocycles. The topological polar surface area (TPSA) is 90.9 Å². The molecule has 0 fully saturated rings. The monoisotopic (exact) mass is 296 g/mol. The largest absolute Gasteiger partial charge is 0.296 e. The molecule has 0 amide bonds. The predicted octanol–water partition coefficient (Wildman–Crippen LogP) is 1.75. The van der Waals surface area contributed by atoms with Gasteiger partial charge in [-0.25, -0.2) is 4.68 Å².